The second kappa shape index (κ2) is 34.4. The van der Waals surface area contributed by atoms with Crippen LogP contribution in [-0.2, 0) is 48.7 Å². The van der Waals surface area contributed by atoms with Crippen LogP contribution in [0.15, 0.2) is 110 Å². The molecule has 10 aliphatic rings. The quantitative estimate of drug-likeness (QED) is 0.0363. The van der Waals surface area contributed by atoms with Gasteiger partial charge in [-0.05, 0) is 205 Å². The fourth-order valence-electron chi connectivity index (χ4n) is 14.6. The number of hydrogen-bond donors (Lipinski definition) is 11. The predicted octanol–water partition coefficient (Wildman–Crippen LogP) is 2.41. The van der Waals surface area contributed by atoms with Gasteiger partial charge >= 0.3 is 34.7 Å². The van der Waals surface area contributed by atoms with Gasteiger partial charge in [0.2, 0.25) is 5.56 Å². The molecule has 4 aromatic carbocycles. The normalized spacial score (nSPS) is 14.9. The topological polar surface area (TPSA) is 524 Å². The summed E-state index contributed by atoms with van der Waals surface area (Å²) in [5.41, 5.74) is 10.7. The summed E-state index contributed by atoms with van der Waals surface area (Å²) in [4.78, 5) is 177. The minimum absolute atomic E-state index is 0.103. The number of carbonyl (C=O) groups is 2. The summed E-state index contributed by atoms with van der Waals surface area (Å²) in [6.45, 7) is 21.9. The van der Waals surface area contributed by atoms with Crippen molar-refractivity contribution in [1.82, 2.24) is 125 Å². The highest BCUT2D eigenvalue weighted by molar-refractivity contribution is 5.84. The Hall–Kier alpha value is -13.2. The number of benzene rings is 4. The molecule has 596 valence electrons. The molecular weight excluding hydrogens is 1480 g/mol. The predicted molar refractivity (Wildman–Crippen MR) is 425 cm³/mol. The van der Waals surface area contributed by atoms with E-state index in [0.29, 0.717) is 113 Å². The van der Waals surface area contributed by atoms with Crippen molar-refractivity contribution in [3.63, 3.8) is 0 Å². The number of fused-ring (bicyclic) bond motifs is 8. The van der Waals surface area contributed by atoms with Crippen molar-refractivity contribution in [2.24, 2.45) is 5.92 Å². The van der Waals surface area contributed by atoms with Gasteiger partial charge in [-0.3, -0.25) is 58.4 Å². The van der Waals surface area contributed by atoms with E-state index in [-0.39, 0.29) is 70.0 Å². The number of aliphatic carboxylic acids is 2. The van der Waals surface area contributed by atoms with Gasteiger partial charge in [-0.15, -0.1) is 10.2 Å². The maximum atomic E-state index is 12.3. The molecule has 11 N–H and O–H groups in total. The smallest absolute Gasteiger partial charge is 0.349 e. The molecule has 1 saturated heterocycles. The molecule has 1 aliphatic carbocycles. The Morgan fingerprint density at radius 2 is 0.896 bits per heavy atom. The molecule has 115 heavy (non-hydrogen) atoms. The van der Waals surface area contributed by atoms with Crippen LogP contribution in [0.2, 0.25) is 0 Å². The summed E-state index contributed by atoms with van der Waals surface area (Å²) in [6, 6.07) is 18.8. The number of tetrazole rings is 1. The Balaban J connectivity index is 0.000000134. The number of carboxylic acid groups (broad SMARTS) is 2. The Bertz CT molecular complexity index is 6470. The zero-order chi connectivity index (χ0) is 81.6. The summed E-state index contributed by atoms with van der Waals surface area (Å²) < 4.78 is 7.38. The molecule has 0 unspecified atom stereocenters. The lowest BCUT2D eigenvalue weighted by Gasteiger charge is -2.24. The van der Waals surface area contributed by atoms with Crippen LogP contribution in [0.4, 0.5) is 0 Å². The minimum Gasteiger partial charge on any atom is -0.481 e. The average molecular weight is 1570 g/mol. The van der Waals surface area contributed by atoms with E-state index in [4.69, 9.17) is 5.11 Å². The summed E-state index contributed by atoms with van der Waals surface area (Å²) in [5, 5.41) is 42.2. The molecule has 1 saturated carbocycles. The summed E-state index contributed by atoms with van der Waals surface area (Å²) in [7, 11) is 0. The van der Waals surface area contributed by atoms with Gasteiger partial charge in [0.05, 0.1) is 44.1 Å². The van der Waals surface area contributed by atoms with Gasteiger partial charge in [0.15, 0.2) is 51.9 Å². The summed E-state index contributed by atoms with van der Waals surface area (Å²) in [6.07, 6.45) is 6.61. The first kappa shape index (κ1) is 79.9. The number of carboxylic acids is 2. The number of nitrogens with one attached hydrogen (secondary N) is 9. The van der Waals surface area contributed by atoms with Crippen molar-refractivity contribution in [3.8, 4) is 46.1 Å². The van der Waals surface area contributed by atoms with Crippen LogP contribution in [0.5, 0.6) is 0 Å². The van der Waals surface area contributed by atoms with E-state index in [1.54, 1.807) is 10.8 Å². The van der Waals surface area contributed by atoms with Crippen LogP contribution < -0.4 is 66.5 Å². The summed E-state index contributed by atoms with van der Waals surface area (Å²) >= 11 is 0. The minimum atomic E-state index is -0.824. The van der Waals surface area contributed by atoms with E-state index < -0.39 is 63.0 Å². The highest BCUT2D eigenvalue weighted by atomic mass is 16.4. The van der Waals surface area contributed by atoms with Crippen molar-refractivity contribution >= 4 is 56.1 Å². The number of aryl methyl sites for hydroxylation is 8. The fraction of sp³-hybridized carbons (Fsp3) is 0.377. The van der Waals surface area contributed by atoms with E-state index in [0.717, 1.165) is 97.8 Å². The average Bonchev–Trinajstić information content (AvgIpc) is 0.853. The van der Waals surface area contributed by atoms with Crippen molar-refractivity contribution in [1.29, 1.82) is 0 Å². The second-order valence-electron chi connectivity index (χ2n) is 29.0. The molecule has 38 heteroatoms. The van der Waals surface area contributed by atoms with Gasteiger partial charge in [0, 0.05) is 96.6 Å². The van der Waals surface area contributed by atoms with E-state index in [1.165, 1.54) is 6.07 Å². The highest BCUT2D eigenvalue weighted by Gasteiger charge is 2.32. The van der Waals surface area contributed by atoms with E-state index >= 15 is 0 Å². The number of rotatable bonds is 21. The lowest BCUT2D eigenvalue weighted by atomic mass is 10.0. The van der Waals surface area contributed by atoms with Gasteiger partial charge in [0.1, 0.15) is 6.04 Å². The Morgan fingerprint density at radius 3 is 1.30 bits per heavy atom. The van der Waals surface area contributed by atoms with Gasteiger partial charge < -0.3 is 49.4 Å². The molecular formula is C77H85N25O13. The molecule has 3 atom stereocenters. The maximum absolute atomic E-state index is 12.3. The van der Waals surface area contributed by atoms with E-state index in [9.17, 15) is 57.8 Å². The van der Waals surface area contributed by atoms with Gasteiger partial charge in [-0.25, -0.2) is 39.1 Å². The molecule has 0 bridgehead atoms. The first-order chi connectivity index (χ1) is 55.1. The molecule has 16 rings (SSSR count). The monoisotopic (exact) mass is 1570 g/mol. The fourth-order valence-corrected chi connectivity index (χ4v) is 14.6. The Labute approximate surface area is 650 Å². The molecule has 2 fully saturated rings. The number of pyridine rings is 1. The molecule has 11 heterocycles. The van der Waals surface area contributed by atoms with Crippen LogP contribution in [0.3, 0.4) is 0 Å². The molecule has 9 aliphatic heterocycles. The van der Waals surface area contributed by atoms with E-state index in [1.807, 2.05) is 129 Å². The van der Waals surface area contributed by atoms with Crippen LogP contribution in [-0.4, -0.2) is 182 Å². The molecule has 38 nitrogen and oxygen atoms in total. The first-order valence-electron chi connectivity index (χ1n) is 37.5. The zero-order valence-electron chi connectivity index (χ0n) is 64.4. The van der Waals surface area contributed by atoms with Gasteiger partial charge in [-0.1, -0.05) is 5.21 Å². The number of aromatic nitrogens is 21. The second-order valence-corrected chi connectivity index (χ2v) is 29.0. The lowest BCUT2D eigenvalue weighted by molar-refractivity contribution is -0.142. The van der Waals surface area contributed by atoms with Crippen LogP contribution in [0, 0.1) is 61.3 Å². The third kappa shape index (κ3) is 18.2. The number of likely N-dealkylation sites (tertiary alicyclic amines) is 1. The SMILES string of the molecule is Cc1cc2nc3c(=O)[nH]c(=O)nc-3n(CCN3CCC[C@H]3C(=O)O)c2cc1C.Cc1cc2nc3c(=O)[nH]c(=O)nc-3n(CCNCCc3nn[nH]n3)c2cc1C.Cc1cc2nc3c(=O)[nH]c(=O)nc-3n(CCNCc3cc[nH]c(=O)c3)c2cc1C.Cc1cc2nc3c(=O)[nH]c(=O)nc-3n(CCN[C@H]3CC[C@@H](CC(=O)O)C3)c2cc1C. The number of nitrogens with zero attached hydrogens (tertiary/aromatic N) is 16. The largest absolute Gasteiger partial charge is 0.481 e. The first-order valence-corrected chi connectivity index (χ1v) is 37.5. The zero-order valence-corrected chi connectivity index (χ0v) is 64.4. The van der Waals surface area contributed by atoms with Crippen molar-refractivity contribution in [3.05, 3.63) is 216 Å². The van der Waals surface area contributed by atoms with Crippen molar-refractivity contribution in [2.45, 2.75) is 145 Å². The number of hydrogen-bond acceptors (Lipinski definition) is 26. The maximum Gasteiger partial charge on any atom is 0.349 e. The molecule has 6 aromatic rings. The molecule has 2 aromatic heterocycles. The lowest BCUT2D eigenvalue weighted by Crippen LogP contribution is -2.38. The van der Waals surface area contributed by atoms with Gasteiger partial charge in [-0.2, -0.15) is 25.1 Å². The Kier molecular flexibility index (Phi) is 23.9. The molecule has 0 radical (unpaired) electrons. The Morgan fingerprint density at radius 1 is 0.478 bits per heavy atom. The highest BCUT2D eigenvalue weighted by Crippen LogP contribution is 2.31. The molecule has 0 amide bonds. The molecule has 0 spiro atoms. The number of aromatic amines is 6. The van der Waals surface area contributed by atoms with Crippen molar-refractivity contribution < 1.29 is 19.8 Å². The van der Waals surface area contributed by atoms with Crippen LogP contribution in [0.1, 0.15) is 94.4 Å². The van der Waals surface area contributed by atoms with Crippen LogP contribution >= 0.6 is 0 Å². The summed E-state index contributed by atoms with van der Waals surface area (Å²) in [5.74, 6) is 0.305. The standard InChI is InChI=1S/C21H25N5O4.C20H20N6O3.C19H21N5O4.C17H19N9O2/c1-11-7-15-16(8-12(11)2)26(19-18(23-15)20(29)25-21(30)24-19)6-5-22-14-4-3-13(9-14)10-17(27)28;1-11-7-14-15(8-12(11)2)26(18-17(23-14)19(28)25-20(29)24-18)6-5-21-10-13-3-4-22-16(27)9-13;1-10-8-12-14(9-11(10)2)24(7-6-23-5-3-4-13(23)18(26)27)16-15(20-12)17(25)22-19(28)21-16;1-9-7-11-12(8-10(9)2)26(6-5-18-4-3-13-22-24-25-23-13)15-14(19-11)16(27)21-17(28)20-15/h7-8,13-14,22H,3-6,9-10H2,1-2H3,(H,27,28)(H,25,29,30);3-4,7-9,21H,5-6,10H2,1-2H3,(H,22,27)(H,25,28,29);8-9,13H,3-7H2,1-2H3,(H,26,27)(H,22,25,28);7-8,18H,3-6H2,1-2H3,(H,21,27,28)(H,22,23,24,25)/t13-,14+;;13-;/m1.0./s1. The van der Waals surface area contributed by atoms with E-state index in [2.05, 4.69) is 101 Å². The van der Waals surface area contributed by atoms with Crippen LogP contribution in [0.25, 0.3) is 90.2 Å². The van der Waals surface area contributed by atoms with Gasteiger partial charge in [0.25, 0.3) is 22.2 Å². The third-order valence-electron chi connectivity index (χ3n) is 21.0. The third-order valence-corrected chi connectivity index (χ3v) is 21.0. The number of H-pyrrole nitrogens is 6. The van der Waals surface area contributed by atoms with Crippen molar-refractivity contribution in [2.75, 3.05) is 39.3 Å².